The van der Waals surface area contributed by atoms with Crippen LogP contribution in [0.15, 0.2) is 48.5 Å². The molecule has 0 fully saturated rings. The number of benzene rings is 2. The molecule has 1 atom stereocenters. The first-order chi connectivity index (χ1) is 17.1. The number of fused-ring (bicyclic) bond motifs is 3. The van der Waals surface area contributed by atoms with Crippen LogP contribution in [0.25, 0.3) is 11.2 Å². The number of rotatable bonds is 5. The van der Waals surface area contributed by atoms with E-state index in [0.717, 1.165) is 51.5 Å². The lowest BCUT2D eigenvalue weighted by Crippen LogP contribution is -2.09. The van der Waals surface area contributed by atoms with Crippen LogP contribution in [0.4, 0.5) is 0 Å². The number of nitrogens with zero attached hydrogens (tertiary/aromatic N) is 6. The quantitative estimate of drug-likeness (QED) is 0.412. The molecule has 1 unspecified atom stereocenters. The van der Waals surface area contributed by atoms with Gasteiger partial charge in [0.05, 0.1) is 6.54 Å². The fourth-order valence-corrected chi connectivity index (χ4v) is 5.16. The van der Waals surface area contributed by atoms with Gasteiger partial charge >= 0.3 is 0 Å². The zero-order chi connectivity index (χ0) is 23.9. The maximum absolute atomic E-state index is 6.36. The molecule has 0 radical (unpaired) electrons. The summed E-state index contributed by atoms with van der Waals surface area (Å²) in [6.45, 7) is 7.50. The monoisotopic (exact) mass is 465 g/mol. The van der Waals surface area contributed by atoms with Crippen molar-refractivity contribution in [2.45, 2.75) is 52.7 Å². The van der Waals surface area contributed by atoms with E-state index in [-0.39, 0.29) is 5.92 Å². The average Bonchev–Trinajstić information content (AvgIpc) is 3.46. The summed E-state index contributed by atoms with van der Waals surface area (Å²) in [5.74, 6) is 2.72. The molecule has 1 aliphatic heterocycles. The number of nitrogens with one attached hydrogen (secondary N) is 1. The largest absolute Gasteiger partial charge is 0.489 e. The molecule has 5 aromatic rings. The second-order valence-electron chi connectivity index (χ2n) is 9.16. The molecule has 6 rings (SSSR count). The normalized spacial score (nSPS) is 14.9. The first kappa shape index (κ1) is 21.5. The molecule has 0 bridgehead atoms. The summed E-state index contributed by atoms with van der Waals surface area (Å²) in [6, 6.07) is 17.1. The molecule has 0 saturated carbocycles. The molecule has 4 heterocycles. The fourth-order valence-electron chi connectivity index (χ4n) is 5.16. The third kappa shape index (κ3) is 3.84. The van der Waals surface area contributed by atoms with Crippen molar-refractivity contribution in [3.05, 3.63) is 93.7 Å². The fraction of sp³-hybridized carbons (Fsp3) is 0.296. The highest BCUT2D eigenvalue weighted by atomic mass is 16.5. The predicted octanol–water partition coefficient (Wildman–Crippen LogP) is 4.44. The Morgan fingerprint density at radius 1 is 1.06 bits per heavy atom. The SMILES string of the molecule is CCc1nc2c(C)cc(C)nc2n1Cc1ccc2c(c1)OCc1ccccc1C2Cc1nn[nH]n1. The van der Waals surface area contributed by atoms with Crippen LogP contribution in [0.2, 0.25) is 0 Å². The second-order valence-corrected chi connectivity index (χ2v) is 9.16. The number of ether oxygens (including phenoxy) is 1. The molecule has 35 heavy (non-hydrogen) atoms. The van der Waals surface area contributed by atoms with Crippen molar-refractivity contribution < 1.29 is 4.74 Å². The summed E-state index contributed by atoms with van der Waals surface area (Å²) in [5.41, 5.74) is 8.81. The summed E-state index contributed by atoms with van der Waals surface area (Å²) in [7, 11) is 0. The van der Waals surface area contributed by atoms with Crippen LogP contribution in [0.3, 0.4) is 0 Å². The standard InChI is InChI=1S/C27H27N7O/c1-4-25-29-26-16(2)11-17(3)28-27(26)34(25)14-18-9-10-21-22(13-24-30-32-33-31-24)20-8-6-5-7-19(20)15-35-23(21)12-18/h5-12,22H,4,13-15H2,1-3H3,(H,30,31,32,33). The van der Waals surface area contributed by atoms with Crippen LogP contribution in [-0.4, -0.2) is 35.2 Å². The van der Waals surface area contributed by atoms with Crippen LogP contribution in [0.5, 0.6) is 5.75 Å². The number of aryl methyl sites for hydroxylation is 3. The van der Waals surface area contributed by atoms with Gasteiger partial charge in [0, 0.05) is 30.0 Å². The number of tetrazole rings is 1. The van der Waals surface area contributed by atoms with Crippen LogP contribution in [-0.2, 0) is 26.0 Å². The highest BCUT2D eigenvalue weighted by Gasteiger charge is 2.26. The molecule has 8 nitrogen and oxygen atoms in total. The van der Waals surface area contributed by atoms with Gasteiger partial charge in [0.15, 0.2) is 11.5 Å². The summed E-state index contributed by atoms with van der Waals surface area (Å²) in [4.78, 5) is 9.73. The number of H-pyrrole nitrogens is 1. The minimum atomic E-state index is 0.0857. The Bertz CT molecular complexity index is 1520. The third-order valence-corrected chi connectivity index (χ3v) is 6.80. The van der Waals surface area contributed by atoms with Gasteiger partial charge in [-0.3, -0.25) is 0 Å². The molecule has 2 aromatic carbocycles. The maximum Gasteiger partial charge on any atom is 0.175 e. The van der Waals surface area contributed by atoms with Crippen molar-refractivity contribution in [1.29, 1.82) is 0 Å². The van der Waals surface area contributed by atoms with Gasteiger partial charge in [-0.2, -0.15) is 5.21 Å². The lowest BCUT2D eigenvalue weighted by Gasteiger charge is -2.18. The molecule has 0 spiro atoms. The van der Waals surface area contributed by atoms with Crippen LogP contribution >= 0.6 is 0 Å². The van der Waals surface area contributed by atoms with E-state index in [2.05, 4.69) is 87.6 Å². The first-order valence-electron chi connectivity index (χ1n) is 12.0. The number of aromatic amines is 1. The van der Waals surface area contributed by atoms with Crippen molar-refractivity contribution in [3.8, 4) is 5.75 Å². The summed E-state index contributed by atoms with van der Waals surface area (Å²) in [5, 5.41) is 14.7. The van der Waals surface area contributed by atoms with Gasteiger partial charge in [0.25, 0.3) is 0 Å². The molecule has 8 heteroatoms. The number of imidazole rings is 1. The van der Waals surface area contributed by atoms with E-state index >= 15 is 0 Å². The van der Waals surface area contributed by atoms with E-state index in [4.69, 9.17) is 14.7 Å². The molecule has 0 aliphatic carbocycles. The topological polar surface area (TPSA) is 94.4 Å². The van der Waals surface area contributed by atoms with Crippen molar-refractivity contribution in [1.82, 2.24) is 35.2 Å². The number of pyridine rings is 1. The molecule has 3 aromatic heterocycles. The van der Waals surface area contributed by atoms with E-state index in [1.165, 1.54) is 11.1 Å². The summed E-state index contributed by atoms with van der Waals surface area (Å²) >= 11 is 0. The van der Waals surface area contributed by atoms with Gasteiger partial charge in [-0.05, 0) is 48.2 Å². The Morgan fingerprint density at radius 2 is 1.94 bits per heavy atom. The summed E-state index contributed by atoms with van der Waals surface area (Å²) in [6.07, 6.45) is 1.50. The highest BCUT2D eigenvalue weighted by Crippen LogP contribution is 2.39. The Kier molecular flexibility index (Phi) is 5.28. The van der Waals surface area contributed by atoms with Gasteiger partial charge in [-0.1, -0.05) is 48.5 Å². The van der Waals surface area contributed by atoms with E-state index in [1.54, 1.807) is 0 Å². The van der Waals surface area contributed by atoms with Crippen molar-refractivity contribution in [2.75, 3.05) is 0 Å². The third-order valence-electron chi connectivity index (χ3n) is 6.80. The smallest absolute Gasteiger partial charge is 0.175 e. The highest BCUT2D eigenvalue weighted by molar-refractivity contribution is 5.76. The van der Waals surface area contributed by atoms with Gasteiger partial charge in [0.1, 0.15) is 23.7 Å². The molecule has 1 N–H and O–H groups in total. The minimum absolute atomic E-state index is 0.0857. The zero-order valence-electron chi connectivity index (χ0n) is 20.1. The van der Waals surface area contributed by atoms with Gasteiger partial charge < -0.3 is 9.30 Å². The van der Waals surface area contributed by atoms with E-state index < -0.39 is 0 Å². The van der Waals surface area contributed by atoms with Crippen molar-refractivity contribution in [3.63, 3.8) is 0 Å². The molecular formula is C27H27N7O. The Labute approximate surface area is 203 Å². The van der Waals surface area contributed by atoms with Crippen LogP contribution in [0.1, 0.15) is 58.0 Å². The van der Waals surface area contributed by atoms with Crippen LogP contribution in [0, 0.1) is 13.8 Å². The maximum atomic E-state index is 6.36. The van der Waals surface area contributed by atoms with Crippen LogP contribution < -0.4 is 4.74 Å². The van der Waals surface area contributed by atoms with Crippen molar-refractivity contribution in [2.24, 2.45) is 0 Å². The second kappa shape index (κ2) is 8.61. The van der Waals surface area contributed by atoms with Gasteiger partial charge in [0.2, 0.25) is 0 Å². The number of aromatic nitrogens is 7. The van der Waals surface area contributed by atoms with Crippen molar-refractivity contribution >= 4 is 11.2 Å². The molecule has 1 aliphatic rings. The average molecular weight is 466 g/mol. The number of hydrogen-bond donors (Lipinski definition) is 1. The lowest BCUT2D eigenvalue weighted by atomic mass is 9.85. The molecule has 0 saturated heterocycles. The molecular weight excluding hydrogens is 438 g/mol. The predicted molar refractivity (Wildman–Crippen MR) is 132 cm³/mol. The van der Waals surface area contributed by atoms with Gasteiger partial charge in [-0.15, -0.1) is 10.2 Å². The molecule has 0 amide bonds. The van der Waals surface area contributed by atoms with E-state index in [0.29, 0.717) is 25.4 Å². The Balaban J connectivity index is 1.41. The van der Waals surface area contributed by atoms with Gasteiger partial charge in [-0.25, -0.2) is 9.97 Å². The summed E-state index contributed by atoms with van der Waals surface area (Å²) < 4.78 is 8.60. The zero-order valence-corrected chi connectivity index (χ0v) is 20.1. The molecule has 176 valence electrons. The Hall–Kier alpha value is -4.07. The Morgan fingerprint density at radius 3 is 2.77 bits per heavy atom. The van der Waals surface area contributed by atoms with E-state index in [9.17, 15) is 0 Å². The lowest BCUT2D eigenvalue weighted by molar-refractivity contribution is 0.306. The number of hydrogen-bond acceptors (Lipinski definition) is 6. The minimum Gasteiger partial charge on any atom is -0.489 e. The first-order valence-corrected chi connectivity index (χ1v) is 12.0. The van der Waals surface area contributed by atoms with E-state index in [1.807, 2.05) is 6.92 Å².